The summed E-state index contributed by atoms with van der Waals surface area (Å²) in [5, 5.41) is 3.63. The summed E-state index contributed by atoms with van der Waals surface area (Å²) in [6.07, 6.45) is 6.43. The molecule has 0 saturated heterocycles. The van der Waals surface area contributed by atoms with E-state index in [9.17, 15) is 0 Å². The third-order valence-electron chi connectivity index (χ3n) is 10.9. The molecule has 0 N–H and O–H groups in total. The SMILES string of the molecule is C1=Cc2c(oc3cc(-c4ccc5c(c4)c4ccccc4n5-c4cccc(-c5ccc(-c6nc(-c7ccccc7)nc(-c7ccccc7)n6)cc5)c4)ccc23)CC1. The van der Waals surface area contributed by atoms with Crippen LogP contribution in [0.2, 0.25) is 0 Å². The Balaban J connectivity index is 0.957. The van der Waals surface area contributed by atoms with Crippen molar-refractivity contribution in [1.29, 1.82) is 0 Å². The average Bonchev–Trinajstić information content (AvgIpc) is 3.82. The number of rotatable bonds is 6. The maximum absolute atomic E-state index is 6.33. The van der Waals surface area contributed by atoms with Crippen LogP contribution in [0, 0.1) is 0 Å². The fraction of sp³-hybridized carbons (Fsp3) is 0.0392. The molecule has 10 aromatic rings. The molecular formula is C51H34N4O. The molecular weight excluding hydrogens is 685 g/mol. The zero-order valence-electron chi connectivity index (χ0n) is 30.4. The van der Waals surface area contributed by atoms with Gasteiger partial charge in [-0.3, -0.25) is 0 Å². The van der Waals surface area contributed by atoms with Crippen molar-refractivity contribution < 1.29 is 4.42 Å². The lowest BCUT2D eigenvalue weighted by Crippen LogP contribution is -2.00. The van der Waals surface area contributed by atoms with Gasteiger partial charge in [0.1, 0.15) is 11.3 Å². The number of nitrogens with zero attached hydrogens (tertiary/aromatic N) is 4. The van der Waals surface area contributed by atoms with Crippen LogP contribution in [0.4, 0.5) is 0 Å². The van der Waals surface area contributed by atoms with Crippen LogP contribution in [0.5, 0.6) is 0 Å². The summed E-state index contributed by atoms with van der Waals surface area (Å²) in [6, 6.07) is 59.6. The molecule has 11 rings (SSSR count). The molecule has 5 nitrogen and oxygen atoms in total. The van der Waals surface area contributed by atoms with Gasteiger partial charge in [0, 0.05) is 50.5 Å². The molecule has 0 saturated carbocycles. The highest BCUT2D eigenvalue weighted by Gasteiger charge is 2.18. The van der Waals surface area contributed by atoms with Crippen molar-refractivity contribution >= 4 is 38.9 Å². The Kier molecular flexibility index (Phi) is 7.56. The van der Waals surface area contributed by atoms with E-state index in [4.69, 9.17) is 19.4 Å². The summed E-state index contributed by atoms with van der Waals surface area (Å²) in [4.78, 5) is 14.7. The smallest absolute Gasteiger partial charge is 0.164 e. The lowest BCUT2D eigenvalue weighted by Gasteiger charge is -2.11. The predicted octanol–water partition coefficient (Wildman–Crippen LogP) is 13.0. The van der Waals surface area contributed by atoms with Crippen molar-refractivity contribution in [2.24, 2.45) is 0 Å². The van der Waals surface area contributed by atoms with E-state index in [1.54, 1.807) is 0 Å². The molecule has 3 aromatic heterocycles. The average molecular weight is 719 g/mol. The van der Waals surface area contributed by atoms with Gasteiger partial charge in [0.15, 0.2) is 17.5 Å². The van der Waals surface area contributed by atoms with Gasteiger partial charge in [-0.1, -0.05) is 140 Å². The Hall–Kier alpha value is -7.37. The molecule has 1 aliphatic rings. The number of fused-ring (bicyclic) bond motifs is 6. The van der Waals surface area contributed by atoms with Gasteiger partial charge in [-0.2, -0.15) is 0 Å². The second-order valence-corrected chi connectivity index (χ2v) is 14.3. The zero-order valence-corrected chi connectivity index (χ0v) is 30.4. The minimum atomic E-state index is 0.642. The first kappa shape index (κ1) is 32.1. The summed E-state index contributed by atoms with van der Waals surface area (Å²) >= 11 is 0. The lowest BCUT2D eigenvalue weighted by molar-refractivity contribution is 0.546. The van der Waals surface area contributed by atoms with Gasteiger partial charge in [0.05, 0.1) is 11.0 Å². The van der Waals surface area contributed by atoms with Crippen molar-refractivity contribution in [2.45, 2.75) is 12.8 Å². The van der Waals surface area contributed by atoms with E-state index in [0.717, 1.165) is 63.3 Å². The number of benzene rings is 7. The van der Waals surface area contributed by atoms with Gasteiger partial charge in [-0.25, -0.2) is 15.0 Å². The molecule has 0 unspecified atom stereocenters. The van der Waals surface area contributed by atoms with E-state index < -0.39 is 0 Å². The van der Waals surface area contributed by atoms with Crippen LogP contribution in [-0.2, 0) is 6.42 Å². The Bertz CT molecular complexity index is 3060. The van der Waals surface area contributed by atoms with Crippen LogP contribution < -0.4 is 0 Å². The van der Waals surface area contributed by atoms with Crippen LogP contribution in [-0.4, -0.2) is 19.5 Å². The van der Waals surface area contributed by atoms with E-state index in [1.807, 2.05) is 60.7 Å². The van der Waals surface area contributed by atoms with Crippen LogP contribution in [0.25, 0.3) is 101 Å². The molecule has 0 atom stereocenters. The highest BCUT2D eigenvalue weighted by molar-refractivity contribution is 6.10. The van der Waals surface area contributed by atoms with E-state index in [1.165, 1.54) is 38.3 Å². The van der Waals surface area contributed by atoms with Crippen molar-refractivity contribution in [2.75, 3.05) is 0 Å². The van der Waals surface area contributed by atoms with E-state index in [2.05, 4.69) is 126 Å². The third kappa shape index (κ3) is 5.52. The van der Waals surface area contributed by atoms with Gasteiger partial charge in [-0.05, 0) is 71.1 Å². The van der Waals surface area contributed by atoms with Crippen LogP contribution >= 0.6 is 0 Å². The second-order valence-electron chi connectivity index (χ2n) is 14.3. The number of allylic oxidation sites excluding steroid dienone is 1. The van der Waals surface area contributed by atoms with Crippen LogP contribution in [0.15, 0.2) is 180 Å². The molecule has 7 aromatic carbocycles. The predicted molar refractivity (Wildman–Crippen MR) is 228 cm³/mol. The molecule has 5 heteroatoms. The van der Waals surface area contributed by atoms with E-state index in [0.29, 0.717) is 17.5 Å². The number of furan rings is 1. The van der Waals surface area contributed by atoms with Gasteiger partial charge in [-0.15, -0.1) is 0 Å². The van der Waals surface area contributed by atoms with Gasteiger partial charge in [0.2, 0.25) is 0 Å². The van der Waals surface area contributed by atoms with Gasteiger partial charge >= 0.3 is 0 Å². The molecule has 0 spiro atoms. The minimum Gasteiger partial charge on any atom is -0.460 e. The van der Waals surface area contributed by atoms with Crippen molar-refractivity contribution in [1.82, 2.24) is 19.5 Å². The normalized spacial score (nSPS) is 12.4. The molecule has 0 bridgehead atoms. The number of aromatic nitrogens is 4. The summed E-state index contributed by atoms with van der Waals surface area (Å²) in [7, 11) is 0. The molecule has 0 fully saturated rings. The van der Waals surface area contributed by atoms with Crippen LogP contribution in [0.3, 0.4) is 0 Å². The maximum atomic E-state index is 6.33. The highest BCUT2D eigenvalue weighted by Crippen LogP contribution is 2.38. The molecule has 264 valence electrons. The minimum absolute atomic E-state index is 0.642. The fourth-order valence-corrected chi connectivity index (χ4v) is 8.14. The van der Waals surface area contributed by atoms with Gasteiger partial charge in [0.25, 0.3) is 0 Å². The first-order valence-electron chi connectivity index (χ1n) is 19.1. The number of aryl methyl sites for hydroxylation is 1. The Morgan fingerprint density at radius 1 is 0.429 bits per heavy atom. The number of hydrogen-bond donors (Lipinski definition) is 0. The highest BCUT2D eigenvalue weighted by atomic mass is 16.3. The second kappa shape index (κ2) is 13.2. The third-order valence-corrected chi connectivity index (χ3v) is 10.9. The molecule has 3 heterocycles. The Morgan fingerprint density at radius 2 is 1.00 bits per heavy atom. The first-order chi connectivity index (χ1) is 27.7. The van der Waals surface area contributed by atoms with Crippen molar-refractivity contribution in [3.63, 3.8) is 0 Å². The summed E-state index contributed by atoms with van der Waals surface area (Å²) in [5.74, 6) is 3.04. The van der Waals surface area contributed by atoms with Gasteiger partial charge < -0.3 is 8.98 Å². The molecule has 1 aliphatic carbocycles. The van der Waals surface area contributed by atoms with E-state index >= 15 is 0 Å². The number of hydrogen-bond acceptors (Lipinski definition) is 4. The monoisotopic (exact) mass is 718 g/mol. The zero-order chi connectivity index (χ0) is 37.0. The lowest BCUT2D eigenvalue weighted by atomic mass is 9.99. The quantitative estimate of drug-likeness (QED) is 0.172. The largest absolute Gasteiger partial charge is 0.460 e. The molecule has 0 aliphatic heterocycles. The van der Waals surface area contributed by atoms with Crippen molar-refractivity contribution in [3.05, 3.63) is 187 Å². The summed E-state index contributed by atoms with van der Waals surface area (Å²) in [6.45, 7) is 0. The standard InChI is InChI=1S/C51H34N4O/c1-3-12-34(13-4-1)49-52-50(35-14-5-2-6-15-35)54-51(53-49)36-24-22-33(23-25-36)37-16-11-17-40(30-37)55-45-20-9-7-18-41(45)44-31-38(27-29-46(44)55)39-26-28-43-42-19-8-10-21-47(42)56-48(43)32-39/h1-9,11-20,22-32H,10,21H2. The topological polar surface area (TPSA) is 56.7 Å². The van der Waals surface area contributed by atoms with Crippen molar-refractivity contribution in [3.8, 4) is 62.1 Å². The Morgan fingerprint density at radius 3 is 1.75 bits per heavy atom. The fourth-order valence-electron chi connectivity index (χ4n) is 8.14. The Labute approximate surface area is 323 Å². The number of para-hydroxylation sites is 1. The first-order valence-corrected chi connectivity index (χ1v) is 19.1. The van der Waals surface area contributed by atoms with E-state index in [-0.39, 0.29) is 0 Å². The molecule has 56 heavy (non-hydrogen) atoms. The maximum Gasteiger partial charge on any atom is 0.164 e. The summed E-state index contributed by atoms with van der Waals surface area (Å²) in [5.41, 5.74) is 13.0. The molecule has 0 radical (unpaired) electrons. The van der Waals surface area contributed by atoms with Crippen LogP contribution in [0.1, 0.15) is 17.7 Å². The summed E-state index contributed by atoms with van der Waals surface area (Å²) < 4.78 is 8.71. The molecule has 0 amide bonds.